The third kappa shape index (κ3) is 6.14. The van der Waals surface area contributed by atoms with Crippen LogP contribution in [0.1, 0.15) is 62.6 Å². The number of nitrogens with zero attached hydrogens (tertiary/aromatic N) is 4. The fraction of sp³-hybridized carbons (Fsp3) is 0.379. The molecule has 0 aliphatic carbocycles. The predicted octanol–water partition coefficient (Wildman–Crippen LogP) is 5.96. The second-order valence-electron chi connectivity index (χ2n) is 10.0. The van der Waals surface area contributed by atoms with Crippen molar-refractivity contribution in [1.29, 1.82) is 5.26 Å². The topological polar surface area (TPSA) is 107 Å². The van der Waals surface area contributed by atoms with Gasteiger partial charge in [0.15, 0.2) is 5.69 Å². The van der Waals surface area contributed by atoms with Crippen LogP contribution in [0.25, 0.3) is 11.3 Å². The normalized spacial score (nSPS) is 15.4. The summed E-state index contributed by atoms with van der Waals surface area (Å²) in [5.41, 5.74) is 0.630. The minimum Gasteiger partial charge on any atom is -0.461 e. The van der Waals surface area contributed by atoms with E-state index in [1.165, 1.54) is 0 Å². The molecule has 3 aromatic rings. The number of aromatic nitrogens is 2. The quantitative estimate of drug-likeness (QED) is 0.372. The lowest BCUT2D eigenvalue weighted by Gasteiger charge is -2.34. The number of piperidine rings is 1. The average molecular weight is 517 g/mol. The molecule has 0 N–H and O–H groups in total. The highest BCUT2D eigenvalue weighted by Gasteiger charge is 2.34. The van der Waals surface area contributed by atoms with Crippen LogP contribution in [0.4, 0.5) is 4.79 Å². The van der Waals surface area contributed by atoms with Crippen molar-refractivity contribution in [3.8, 4) is 28.8 Å². The Bertz CT molecular complexity index is 1320. The number of esters is 1. The van der Waals surface area contributed by atoms with E-state index in [2.05, 4.69) is 6.07 Å². The molecule has 198 valence electrons. The molecule has 2 heterocycles. The molecule has 1 aliphatic heterocycles. The van der Waals surface area contributed by atoms with Crippen molar-refractivity contribution in [1.82, 2.24) is 14.7 Å². The molecule has 4 rings (SSSR count). The number of para-hydroxylation sites is 1. The first-order valence-electron chi connectivity index (χ1n) is 12.7. The van der Waals surface area contributed by atoms with E-state index < -0.39 is 17.7 Å². The highest BCUT2D eigenvalue weighted by molar-refractivity contribution is 5.93. The number of carbonyl (C=O) groups excluding carboxylic acids is 2. The van der Waals surface area contributed by atoms with Crippen LogP contribution in [-0.4, -0.2) is 52.0 Å². The van der Waals surface area contributed by atoms with Crippen molar-refractivity contribution in [2.24, 2.45) is 0 Å². The number of ether oxygens (including phenoxy) is 3. The zero-order valence-corrected chi connectivity index (χ0v) is 22.1. The van der Waals surface area contributed by atoms with E-state index in [9.17, 15) is 14.9 Å². The highest BCUT2D eigenvalue weighted by atomic mass is 16.6. The molecule has 1 fully saturated rings. The molecule has 9 heteroatoms. The van der Waals surface area contributed by atoms with E-state index in [0.717, 1.165) is 0 Å². The van der Waals surface area contributed by atoms with Crippen LogP contribution >= 0.6 is 0 Å². The minimum atomic E-state index is -0.624. The maximum absolute atomic E-state index is 13.0. The molecule has 1 amide bonds. The number of hydrogen-bond acceptors (Lipinski definition) is 7. The predicted molar refractivity (Wildman–Crippen MR) is 141 cm³/mol. The Morgan fingerprint density at radius 1 is 1.08 bits per heavy atom. The van der Waals surface area contributed by atoms with E-state index in [4.69, 9.17) is 19.3 Å². The molecule has 0 spiro atoms. The van der Waals surface area contributed by atoms with Crippen LogP contribution in [0.15, 0.2) is 54.6 Å². The zero-order chi connectivity index (χ0) is 27.3. The molecule has 0 bridgehead atoms. The molecule has 1 aliphatic rings. The Labute approximate surface area is 222 Å². The summed E-state index contributed by atoms with van der Waals surface area (Å²) < 4.78 is 18.3. The summed E-state index contributed by atoms with van der Waals surface area (Å²) in [6, 6.07) is 18.4. The molecule has 1 unspecified atom stereocenters. The third-order valence-electron chi connectivity index (χ3n) is 5.99. The second kappa shape index (κ2) is 11.4. The standard InChI is InChI=1S/C29H32N4O5/c1-5-36-27(34)26-24(18-30)25(20-13-15-23(16-14-20)37-22-11-7-6-8-12-22)31-33(26)21-10-9-17-32(19-21)28(35)38-29(2,3)4/h6-8,11-16,21H,5,9-10,17,19H2,1-4H3. The van der Waals surface area contributed by atoms with Crippen LogP contribution in [0, 0.1) is 11.3 Å². The molecule has 38 heavy (non-hydrogen) atoms. The maximum Gasteiger partial charge on any atom is 0.410 e. The largest absolute Gasteiger partial charge is 0.461 e. The molecular formula is C29H32N4O5. The van der Waals surface area contributed by atoms with Gasteiger partial charge < -0.3 is 19.1 Å². The van der Waals surface area contributed by atoms with Gasteiger partial charge in [-0.05, 0) is 76.9 Å². The van der Waals surface area contributed by atoms with Gasteiger partial charge in [-0.3, -0.25) is 4.68 Å². The van der Waals surface area contributed by atoms with Gasteiger partial charge in [-0.25, -0.2) is 9.59 Å². The Morgan fingerprint density at radius 3 is 2.39 bits per heavy atom. The van der Waals surface area contributed by atoms with Crippen molar-refractivity contribution in [2.75, 3.05) is 19.7 Å². The number of benzene rings is 2. The smallest absolute Gasteiger partial charge is 0.410 e. The number of carbonyl (C=O) groups is 2. The number of hydrogen-bond donors (Lipinski definition) is 0. The SMILES string of the molecule is CCOC(=O)c1c(C#N)c(-c2ccc(Oc3ccccc3)cc2)nn1C1CCCN(C(=O)OC(C)(C)C)C1. The van der Waals surface area contributed by atoms with Gasteiger partial charge in [0.1, 0.15) is 34.4 Å². The fourth-order valence-electron chi connectivity index (χ4n) is 4.35. The first-order valence-corrected chi connectivity index (χ1v) is 12.7. The Morgan fingerprint density at radius 2 is 1.76 bits per heavy atom. The molecule has 0 saturated carbocycles. The lowest BCUT2D eigenvalue weighted by molar-refractivity contribution is 0.0165. The summed E-state index contributed by atoms with van der Waals surface area (Å²) in [5.74, 6) is 0.712. The van der Waals surface area contributed by atoms with Crippen molar-refractivity contribution in [3.05, 3.63) is 65.9 Å². The number of amides is 1. The third-order valence-corrected chi connectivity index (χ3v) is 5.99. The maximum atomic E-state index is 13.0. The van der Waals surface area contributed by atoms with Crippen LogP contribution in [-0.2, 0) is 9.47 Å². The number of nitriles is 1. The summed E-state index contributed by atoms with van der Waals surface area (Å²) in [6.07, 6.45) is 0.970. The Kier molecular flexibility index (Phi) is 8.01. The van der Waals surface area contributed by atoms with Crippen LogP contribution < -0.4 is 4.74 Å². The monoisotopic (exact) mass is 516 g/mol. The fourth-order valence-corrected chi connectivity index (χ4v) is 4.35. The minimum absolute atomic E-state index is 0.0880. The summed E-state index contributed by atoms with van der Waals surface area (Å²) in [7, 11) is 0. The first-order chi connectivity index (χ1) is 18.2. The Hall–Kier alpha value is -4.32. The first kappa shape index (κ1) is 26.7. The van der Waals surface area contributed by atoms with Gasteiger partial charge >= 0.3 is 12.1 Å². The van der Waals surface area contributed by atoms with Gasteiger partial charge in [0.05, 0.1) is 12.6 Å². The van der Waals surface area contributed by atoms with Crippen molar-refractivity contribution >= 4 is 12.1 Å². The van der Waals surface area contributed by atoms with Gasteiger partial charge in [-0.1, -0.05) is 18.2 Å². The summed E-state index contributed by atoms with van der Waals surface area (Å²) in [6.45, 7) is 8.17. The zero-order valence-electron chi connectivity index (χ0n) is 22.1. The lowest BCUT2D eigenvalue weighted by atomic mass is 10.0. The van der Waals surface area contributed by atoms with Gasteiger partial charge in [-0.15, -0.1) is 0 Å². The number of likely N-dealkylation sites (tertiary alicyclic amines) is 1. The average Bonchev–Trinajstić information content (AvgIpc) is 3.29. The van der Waals surface area contributed by atoms with Crippen LogP contribution in [0.3, 0.4) is 0 Å². The van der Waals surface area contributed by atoms with Crippen molar-refractivity contribution in [3.63, 3.8) is 0 Å². The van der Waals surface area contributed by atoms with E-state index in [1.54, 1.807) is 40.8 Å². The van der Waals surface area contributed by atoms with Crippen molar-refractivity contribution < 1.29 is 23.8 Å². The van der Waals surface area contributed by atoms with E-state index in [1.807, 2.05) is 51.1 Å². The van der Waals surface area contributed by atoms with Gasteiger partial charge in [0, 0.05) is 18.7 Å². The second-order valence-corrected chi connectivity index (χ2v) is 10.0. The summed E-state index contributed by atoms with van der Waals surface area (Å²) in [4.78, 5) is 27.4. The Balaban J connectivity index is 1.67. The van der Waals surface area contributed by atoms with E-state index in [-0.39, 0.29) is 23.9 Å². The molecule has 2 aromatic carbocycles. The van der Waals surface area contributed by atoms with Crippen LogP contribution in [0.5, 0.6) is 11.5 Å². The molecule has 1 atom stereocenters. The molecule has 9 nitrogen and oxygen atoms in total. The molecule has 0 radical (unpaired) electrons. The molecule has 1 saturated heterocycles. The van der Waals surface area contributed by atoms with Gasteiger partial charge in [0.25, 0.3) is 0 Å². The van der Waals surface area contributed by atoms with E-state index in [0.29, 0.717) is 48.7 Å². The molecule has 1 aromatic heterocycles. The van der Waals surface area contributed by atoms with E-state index >= 15 is 0 Å². The summed E-state index contributed by atoms with van der Waals surface area (Å²) in [5, 5.41) is 14.8. The van der Waals surface area contributed by atoms with Gasteiger partial charge in [0.2, 0.25) is 0 Å². The summed E-state index contributed by atoms with van der Waals surface area (Å²) >= 11 is 0. The van der Waals surface area contributed by atoms with Crippen molar-refractivity contribution in [2.45, 2.75) is 52.2 Å². The lowest BCUT2D eigenvalue weighted by Crippen LogP contribution is -2.44. The number of rotatable bonds is 6. The van der Waals surface area contributed by atoms with Gasteiger partial charge in [-0.2, -0.15) is 10.4 Å². The molecular weight excluding hydrogens is 484 g/mol. The van der Waals surface area contributed by atoms with Crippen LogP contribution in [0.2, 0.25) is 0 Å². The highest BCUT2D eigenvalue weighted by Crippen LogP contribution is 2.32.